The van der Waals surface area contributed by atoms with Gasteiger partial charge in [-0.3, -0.25) is 9.59 Å². The summed E-state index contributed by atoms with van der Waals surface area (Å²) in [6.07, 6.45) is 5.57. The molecule has 3 heterocycles. The van der Waals surface area contributed by atoms with E-state index in [0.717, 1.165) is 32.1 Å². The lowest BCUT2D eigenvalue weighted by Crippen LogP contribution is -2.48. The predicted molar refractivity (Wildman–Crippen MR) is 79.5 cm³/mol. The highest BCUT2D eigenvalue weighted by Crippen LogP contribution is 2.41. The van der Waals surface area contributed by atoms with Gasteiger partial charge in [0.05, 0.1) is 12.0 Å². The molecule has 3 aliphatic heterocycles. The molecular formula is C17H27NO3. The number of carbonyl (C=O) groups is 2. The lowest BCUT2D eigenvalue weighted by molar-refractivity contribution is -0.149. The van der Waals surface area contributed by atoms with Crippen molar-refractivity contribution >= 4 is 11.9 Å². The standard InChI is InChI=1S/C17H27NO3/c1-10(2)12-5-4-6-16(19)18-13(12)7-8-14(18)15-9-11(3)17(20)21-15/h10-15H,4-9H2,1-3H3/t11-,12+,13-,14-,15+/m0/s1. The van der Waals surface area contributed by atoms with Crippen molar-refractivity contribution in [3.8, 4) is 0 Å². The third kappa shape index (κ3) is 2.58. The third-order valence-electron chi connectivity index (χ3n) is 5.72. The second-order valence-corrected chi connectivity index (χ2v) is 7.43. The summed E-state index contributed by atoms with van der Waals surface area (Å²) in [5, 5.41) is 0. The molecule has 0 N–H and O–H groups in total. The molecule has 3 fully saturated rings. The van der Waals surface area contributed by atoms with Crippen molar-refractivity contribution in [2.45, 2.75) is 77.5 Å². The highest BCUT2D eigenvalue weighted by atomic mass is 16.6. The first-order valence-electron chi connectivity index (χ1n) is 8.50. The van der Waals surface area contributed by atoms with Gasteiger partial charge in [-0.05, 0) is 43.9 Å². The Balaban J connectivity index is 1.81. The zero-order chi connectivity index (χ0) is 15.1. The van der Waals surface area contributed by atoms with Gasteiger partial charge in [0.2, 0.25) is 5.91 Å². The van der Waals surface area contributed by atoms with Crippen LogP contribution in [0.1, 0.15) is 59.3 Å². The first kappa shape index (κ1) is 14.9. The maximum Gasteiger partial charge on any atom is 0.309 e. The molecule has 0 saturated carbocycles. The molecule has 3 aliphatic rings. The van der Waals surface area contributed by atoms with Crippen LogP contribution in [0.5, 0.6) is 0 Å². The first-order valence-corrected chi connectivity index (χ1v) is 8.50. The number of rotatable bonds is 2. The minimum absolute atomic E-state index is 0.0166. The first-order chi connectivity index (χ1) is 9.99. The lowest BCUT2D eigenvalue weighted by atomic mass is 9.84. The van der Waals surface area contributed by atoms with Crippen LogP contribution in [0.2, 0.25) is 0 Å². The van der Waals surface area contributed by atoms with Crippen LogP contribution < -0.4 is 0 Å². The Morgan fingerprint density at radius 2 is 1.86 bits per heavy atom. The largest absolute Gasteiger partial charge is 0.460 e. The molecule has 4 heteroatoms. The van der Waals surface area contributed by atoms with Crippen LogP contribution >= 0.6 is 0 Å². The van der Waals surface area contributed by atoms with Gasteiger partial charge in [-0.1, -0.05) is 20.8 Å². The van der Waals surface area contributed by atoms with Crippen molar-refractivity contribution < 1.29 is 14.3 Å². The van der Waals surface area contributed by atoms with Crippen LogP contribution in [0.4, 0.5) is 0 Å². The molecule has 3 saturated heterocycles. The van der Waals surface area contributed by atoms with Gasteiger partial charge >= 0.3 is 5.97 Å². The number of carbonyl (C=O) groups excluding carboxylic acids is 2. The Hall–Kier alpha value is -1.06. The van der Waals surface area contributed by atoms with Gasteiger partial charge in [0.25, 0.3) is 0 Å². The van der Waals surface area contributed by atoms with E-state index in [1.54, 1.807) is 0 Å². The summed E-state index contributed by atoms with van der Waals surface area (Å²) in [4.78, 5) is 26.4. The maximum atomic E-state index is 12.6. The summed E-state index contributed by atoms with van der Waals surface area (Å²) < 4.78 is 5.56. The lowest BCUT2D eigenvalue weighted by Gasteiger charge is -2.36. The minimum Gasteiger partial charge on any atom is -0.460 e. The van der Waals surface area contributed by atoms with Gasteiger partial charge in [-0.15, -0.1) is 0 Å². The second-order valence-electron chi connectivity index (χ2n) is 7.43. The molecule has 118 valence electrons. The molecule has 0 unspecified atom stereocenters. The number of hydrogen-bond donors (Lipinski definition) is 0. The van der Waals surface area contributed by atoms with Gasteiger partial charge in [-0.2, -0.15) is 0 Å². The summed E-state index contributed by atoms with van der Waals surface area (Å²) >= 11 is 0. The van der Waals surface area contributed by atoms with E-state index in [-0.39, 0.29) is 29.9 Å². The van der Waals surface area contributed by atoms with Crippen LogP contribution in [0, 0.1) is 17.8 Å². The number of ether oxygens (including phenoxy) is 1. The summed E-state index contributed by atoms with van der Waals surface area (Å²) in [6, 6.07) is 0.482. The van der Waals surface area contributed by atoms with E-state index in [1.807, 2.05) is 6.92 Å². The maximum absolute atomic E-state index is 12.6. The normalized spacial score (nSPS) is 40.4. The SMILES string of the molecule is CC(C)[C@H]1CCCC(=O)N2[C@H]1CC[C@H]2[C@H]1C[C@H](C)C(=O)O1. The highest BCUT2D eigenvalue weighted by Gasteiger charge is 2.49. The van der Waals surface area contributed by atoms with Crippen LogP contribution in [0.15, 0.2) is 0 Å². The quantitative estimate of drug-likeness (QED) is 0.735. The van der Waals surface area contributed by atoms with E-state index in [9.17, 15) is 9.59 Å². The predicted octanol–water partition coefficient (Wildman–Crippen LogP) is 2.75. The Kier molecular flexibility index (Phi) is 3.98. The smallest absolute Gasteiger partial charge is 0.309 e. The van der Waals surface area contributed by atoms with E-state index >= 15 is 0 Å². The van der Waals surface area contributed by atoms with E-state index in [4.69, 9.17) is 4.74 Å². The minimum atomic E-state index is -0.0915. The van der Waals surface area contributed by atoms with Crippen LogP contribution in [0.25, 0.3) is 0 Å². The number of hydrogen-bond acceptors (Lipinski definition) is 3. The molecular weight excluding hydrogens is 266 g/mol. The summed E-state index contributed by atoms with van der Waals surface area (Å²) in [6.45, 7) is 6.46. The van der Waals surface area contributed by atoms with Crippen molar-refractivity contribution in [3.63, 3.8) is 0 Å². The van der Waals surface area contributed by atoms with Gasteiger partial charge in [0, 0.05) is 12.5 Å². The Bertz CT molecular complexity index is 434. The molecule has 21 heavy (non-hydrogen) atoms. The van der Waals surface area contributed by atoms with Crippen LogP contribution in [-0.2, 0) is 14.3 Å². The summed E-state index contributed by atoms with van der Waals surface area (Å²) in [5.74, 6) is 1.37. The second kappa shape index (κ2) is 5.62. The van der Waals surface area contributed by atoms with E-state index in [1.165, 1.54) is 0 Å². The van der Waals surface area contributed by atoms with E-state index in [0.29, 0.717) is 24.3 Å². The highest BCUT2D eigenvalue weighted by molar-refractivity contribution is 5.78. The monoisotopic (exact) mass is 293 g/mol. The fourth-order valence-electron chi connectivity index (χ4n) is 4.60. The van der Waals surface area contributed by atoms with Crippen LogP contribution in [0.3, 0.4) is 0 Å². The summed E-state index contributed by atoms with van der Waals surface area (Å²) in [7, 11) is 0. The molecule has 1 amide bonds. The molecule has 3 rings (SSSR count). The Morgan fingerprint density at radius 1 is 1.14 bits per heavy atom. The molecule has 0 aromatic heterocycles. The fourth-order valence-corrected chi connectivity index (χ4v) is 4.60. The fraction of sp³-hybridized carbons (Fsp3) is 0.882. The topological polar surface area (TPSA) is 46.6 Å². The number of esters is 1. The van der Waals surface area contributed by atoms with Crippen molar-refractivity contribution in [1.82, 2.24) is 4.90 Å². The molecule has 0 aromatic rings. The van der Waals surface area contributed by atoms with Crippen molar-refractivity contribution in [2.75, 3.05) is 0 Å². The van der Waals surface area contributed by atoms with E-state index < -0.39 is 0 Å². The van der Waals surface area contributed by atoms with Crippen molar-refractivity contribution in [3.05, 3.63) is 0 Å². The zero-order valence-electron chi connectivity index (χ0n) is 13.4. The molecule has 0 spiro atoms. The molecule has 4 nitrogen and oxygen atoms in total. The number of cyclic esters (lactones) is 1. The van der Waals surface area contributed by atoms with Gasteiger partial charge in [0.15, 0.2) is 0 Å². The Labute approximate surface area is 127 Å². The third-order valence-corrected chi connectivity index (χ3v) is 5.72. The molecule has 0 aromatic carbocycles. The number of nitrogens with zero attached hydrogens (tertiary/aromatic N) is 1. The number of amides is 1. The molecule has 0 radical (unpaired) electrons. The summed E-state index contributed by atoms with van der Waals surface area (Å²) in [5.41, 5.74) is 0. The average molecular weight is 293 g/mol. The molecule has 0 bridgehead atoms. The average Bonchev–Trinajstić information content (AvgIpc) is 2.94. The Morgan fingerprint density at radius 3 is 2.48 bits per heavy atom. The van der Waals surface area contributed by atoms with Gasteiger partial charge in [0.1, 0.15) is 6.10 Å². The van der Waals surface area contributed by atoms with Crippen LogP contribution in [-0.4, -0.2) is 35.0 Å². The van der Waals surface area contributed by atoms with Gasteiger partial charge in [-0.25, -0.2) is 0 Å². The van der Waals surface area contributed by atoms with Gasteiger partial charge < -0.3 is 9.64 Å². The van der Waals surface area contributed by atoms with Crippen molar-refractivity contribution in [2.24, 2.45) is 17.8 Å². The molecule has 5 atom stereocenters. The molecule has 0 aliphatic carbocycles. The van der Waals surface area contributed by atoms with E-state index in [2.05, 4.69) is 18.7 Å². The van der Waals surface area contributed by atoms with Crippen molar-refractivity contribution in [1.29, 1.82) is 0 Å². The number of fused-ring (bicyclic) bond motifs is 1. The zero-order valence-corrected chi connectivity index (χ0v) is 13.4.